The lowest BCUT2D eigenvalue weighted by atomic mass is 9.65. The number of nitrogens with one attached hydrogen (secondary N) is 1. The summed E-state index contributed by atoms with van der Waals surface area (Å²) in [5, 5.41) is 4.90. The molecular weight excluding hydrogens is 317 g/mol. The molecule has 0 radical (unpaired) electrons. The summed E-state index contributed by atoms with van der Waals surface area (Å²) >= 11 is 12.4. The topological polar surface area (TPSA) is 21.3 Å². The van der Waals surface area contributed by atoms with E-state index in [2.05, 4.69) is 24.4 Å². The Kier molecular flexibility index (Phi) is 3.73. The first kappa shape index (κ1) is 15.3. The molecule has 0 unspecified atom stereocenters. The maximum atomic E-state index is 6.29. The first-order valence-electron chi connectivity index (χ1n) is 8.30. The molecule has 1 aromatic carbocycles. The van der Waals surface area contributed by atoms with Crippen LogP contribution in [0.1, 0.15) is 38.2 Å². The van der Waals surface area contributed by atoms with Crippen molar-refractivity contribution >= 4 is 23.2 Å². The van der Waals surface area contributed by atoms with Crippen molar-refractivity contribution in [3.63, 3.8) is 0 Å². The van der Waals surface area contributed by atoms with Crippen LogP contribution in [0.25, 0.3) is 0 Å². The molecule has 120 valence electrons. The third kappa shape index (κ3) is 2.39. The highest BCUT2D eigenvalue weighted by molar-refractivity contribution is 6.42. The summed E-state index contributed by atoms with van der Waals surface area (Å²) in [5.41, 5.74) is 1.67. The fourth-order valence-corrected chi connectivity index (χ4v) is 4.82. The lowest BCUT2D eigenvalue weighted by Gasteiger charge is -2.37. The Morgan fingerprint density at radius 1 is 1.18 bits per heavy atom. The Morgan fingerprint density at radius 2 is 2.00 bits per heavy atom. The molecule has 2 saturated carbocycles. The molecule has 1 aromatic rings. The molecule has 4 heteroatoms. The average molecular weight is 340 g/mol. The summed E-state index contributed by atoms with van der Waals surface area (Å²) in [6, 6.07) is 6.16. The molecule has 0 amide bonds. The van der Waals surface area contributed by atoms with Crippen molar-refractivity contribution in [1.29, 1.82) is 0 Å². The summed E-state index contributed by atoms with van der Waals surface area (Å²) in [4.78, 5) is 0. The van der Waals surface area contributed by atoms with Crippen molar-refractivity contribution in [2.45, 2.75) is 44.1 Å². The molecule has 1 heterocycles. The van der Waals surface area contributed by atoms with E-state index in [1.165, 1.54) is 18.4 Å². The van der Waals surface area contributed by atoms with E-state index in [1.807, 2.05) is 6.07 Å². The normalized spacial score (nSPS) is 37.5. The smallest absolute Gasteiger partial charge is 0.0595 e. The van der Waals surface area contributed by atoms with Gasteiger partial charge in [0.05, 0.1) is 16.1 Å². The minimum Gasteiger partial charge on any atom is -0.378 e. The average Bonchev–Trinajstić information content (AvgIpc) is 3.18. The molecule has 4 rings (SSSR count). The number of hydrogen-bond donors (Lipinski definition) is 1. The van der Waals surface area contributed by atoms with E-state index in [4.69, 9.17) is 27.9 Å². The Hall–Kier alpha value is -0.280. The highest BCUT2D eigenvalue weighted by Crippen LogP contribution is 2.57. The Balaban J connectivity index is 1.62. The maximum absolute atomic E-state index is 6.29. The van der Waals surface area contributed by atoms with Gasteiger partial charge in [-0.05, 0) is 54.7 Å². The third-order valence-electron chi connectivity index (χ3n) is 6.09. The monoisotopic (exact) mass is 339 g/mol. The van der Waals surface area contributed by atoms with Gasteiger partial charge in [0.2, 0.25) is 0 Å². The lowest BCUT2D eigenvalue weighted by Crippen LogP contribution is -2.38. The van der Waals surface area contributed by atoms with Crippen LogP contribution < -0.4 is 5.32 Å². The molecule has 3 fully saturated rings. The molecule has 1 N–H and O–H groups in total. The van der Waals surface area contributed by atoms with Gasteiger partial charge >= 0.3 is 0 Å². The Bertz CT molecular complexity index is 588. The summed E-state index contributed by atoms with van der Waals surface area (Å²) in [5.74, 6) is 0.826. The molecule has 1 saturated heterocycles. The third-order valence-corrected chi connectivity index (χ3v) is 6.83. The fourth-order valence-electron chi connectivity index (χ4n) is 4.52. The quantitative estimate of drug-likeness (QED) is 0.876. The van der Waals surface area contributed by atoms with Gasteiger partial charge in [-0.25, -0.2) is 0 Å². The molecule has 2 nitrogen and oxygen atoms in total. The lowest BCUT2D eigenvalue weighted by molar-refractivity contribution is 0.0418. The van der Waals surface area contributed by atoms with E-state index in [-0.39, 0.29) is 10.8 Å². The first-order chi connectivity index (χ1) is 10.5. The zero-order chi connectivity index (χ0) is 15.4. The van der Waals surface area contributed by atoms with Crippen molar-refractivity contribution in [3.05, 3.63) is 33.8 Å². The predicted molar refractivity (Wildman–Crippen MR) is 90.8 cm³/mol. The largest absolute Gasteiger partial charge is 0.378 e. The zero-order valence-electron chi connectivity index (χ0n) is 13.0. The van der Waals surface area contributed by atoms with Gasteiger partial charge in [-0.1, -0.05) is 36.2 Å². The number of fused-ring (bicyclic) bond motifs is 1. The second-order valence-electron chi connectivity index (χ2n) is 7.68. The van der Waals surface area contributed by atoms with Crippen molar-refractivity contribution < 1.29 is 4.74 Å². The van der Waals surface area contributed by atoms with Crippen molar-refractivity contribution in [2.24, 2.45) is 11.3 Å². The van der Waals surface area contributed by atoms with Crippen LogP contribution in [0.2, 0.25) is 10.0 Å². The van der Waals surface area contributed by atoms with E-state index >= 15 is 0 Å². The van der Waals surface area contributed by atoms with E-state index < -0.39 is 0 Å². The molecule has 1 aliphatic heterocycles. The zero-order valence-corrected chi connectivity index (χ0v) is 14.5. The van der Waals surface area contributed by atoms with E-state index in [9.17, 15) is 0 Å². The van der Waals surface area contributed by atoms with Crippen molar-refractivity contribution in [3.8, 4) is 0 Å². The van der Waals surface area contributed by atoms with Crippen LogP contribution >= 0.6 is 23.2 Å². The van der Waals surface area contributed by atoms with E-state index in [0.717, 1.165) is 38.5 Å². The van der Waals surface area contributed by atoms with Crippen LogP contribution in [0.3, 0.4) is 0 Å². The summed E-state index contributed by atoms with van der Waals surface area (Å²) < 4.78 is 6.24. The SMILES string of the molecule is C[C@@]12CNC[C@]1(c1ccc(Cl)c(Cl)c1)C[C@H](OCC1CC1)C2. The first-order valence-corrected chi connectivity index (χ1v) is 9.06. The standard InChI is InChI=1S/C18H23Cl2NO/c1-17-7-14(22-9-12-2-3-12)8-18(17,11-21-10-17)13-4-5-15(19)16(20)6-13/h4-6,12,14,21H,2-3,7-11H2,1H3/t14-,17-,18+/m1/s1. The predicted octanol–water partition coefficient (Wildman–Crippen LogP) is 4.43. The van der Waals surface area contributed by atoms with Gasteiger partial charge in [-0.15, -0.1) is 0 Å². The summed E-state index contributed by atoms with van der Waals surface area (Å²) in [6.45, 7) is 5.41. The van der Waals surface area contributed by atoms with E-state index in [0.29, 0.717) is 16.1 Å². The summed E-state index contributed by atoms with van der Waals surface area (Å²) in [6.07, 6.45) is 5.29. The number of ether oxygens (including phenoxy) is 1. The number of benzene rings is 1. The molecule has 3 aliphatic rings. The van der Waals surface area contributed by atoms with Gasteiger partial charge in [-0.3, -0.25) is 0 Å². The molecule has 2 aliphatic carbocycles. The highest BCUT2D eigenvalue weighted by Gasteiger charge is 2.59. The van der Waals surface area contributed by atoms with Crippen LogP contribution in [-0.4, -0.2) is 25.8 Å². The van der Waals surface area contributed by atoms with Crippen LogP contribution in [-0.2, 0) is 10.2 Å². The Morgan fingerprint density at radius 3 is 2.73 bits per heavy atom. The molecule has 3 atom stereocenters. The van der Waals surface area contributed by atoms with Gasteiger partial charge in [0.15, 0.2) is 0 Å². The second kappa shape index (κ2) is 5.37. The number of rotatable bonds is 4. The molecule has 0 bridgehead atoms. The second-order valence-corrected chi connectivity index (χ2v) is 8.50. The van der Waals surface area contributed by atoms with Crippen LogP contribution in [0.5, 0.6) is 0 Å². The number of halogens is 2. The van der Waals surface area contributed by atoms with E-state index in [1.54, 1.807) is 0 Å². The van der Waals surface area contributed by atoms with Crippen LogP contribution in [0.4, 0.5) is 0 Å². The van der Waals surface area contributed by atoms with Crippen LogP contribution in [0.15, 0.2) is 18.2 Å². The maximum Gasteiger partial charge on any atom is 0.0595 e. The molecule has 22 heavy (non-hydrogen) atoms. The summed E-state index contributed by atoms with van der Waals surface area (Å²) in [7, 11) is 0. The van der Waals surface area contributed by atoms with Crippen molar-refractivity contribution in [2.75, 3.05) is 19.7 Å². The minimum atomic E-state index is 0.120. The minimum absolute atomic E-state index is 0.120. The number of hydrogen-bond acceptors (Lipinski definition) is 2. The van der Waals surface area contributed by atoms with Gasteiger partial charge < -0.3 is 10.1 Å². The molecule has 0 spiro atoms. The van der Waals surface area contributed by atoms with Gasteiger partial charge in [0.25, 0.3) is 0 Å². The molecular formula is C18H23Cl2NO. The van der Waals surface area contributed by atoms with Gasteiger partial charge in [0, 0.05) is 25.1 Å². The molecule has 0 aromatic heterocycles. The van der Waals surface area contributed by atoms with Gasteiger partial charge in [0.1, 0.15) is 0 Å². The Labute approximate surface area is 142 Å². The highest BCUT2D eigenvalue weighted by atomic mass is 35.5. The van der Waals surface area contributed by atoms with Gasteiger partial charge in [-0.2, -0.15) is 0 Å². The van der Waals surface area contributed by atoms with Crippen molar-refractivity contribution in [1.82, 2.24) is 5.32 Å². The van der Waals surface area contributed by atoms with Crippen LogP contribution in [0, 0.1) is 11.3 Å². The fraction of sp³-hybridized carbons (Fsp3) is 0.667.